The standard InChI is InChI=1S/C16H12N2OS/c17-11-18-16-19-15(10-20-16)14-8-6-13(7-9-14)12-4-2-1-3-5-12/h1-9,15H,10H2. The predicted molar refractivity (Wildman–Crippen MR) is 81.2 cm³/mol. The molecule has 1 aliphatic rings. The maximum Gasteiger partial charge on any atom is 0.261 e. The third kappa shape index (κ3) is 2.68. The highest BCUT2D eigenvalue weighted by Gasteiger charge is 2.24. The van der Waals surface area contributed by atoms with Crippen LogP contribution >= 0.6 is 11.8 Å². The molecule has 0 aromatic heterocycles. The molecular formula is C16H12N2OS. The minimum atomic E-state index is -0.0167. The van der Waals surface area contributed by atoms with Crippen molar-refractivity contribution in [3.8, 4) is 17.3 Å². The summed E-state index contributed by atoms with van der Waals surface area (Å²) in [6.45, 7) is 0. The van der Waals surface area contributed by atoms with Crippen molar-refractivity contribution < 1.29 is 4.74 Å². The van der Waals surface area contributed by atoms with E-state index in [1.165, 1.54) is 22.9 Å². The quantitative estimate of drug-likeness (QED) is 0.781. The van der Waals surface area contributed by atoms with Crippen molar-refractivity contribution in [3.63, 3.8) is 0 Å². The van der Waals surface area contributed by atoms with Gasteiger partial charge in [-0.3, -0.25) is 0 Å². The van der Waals surface area contributed by atoms with Crippen LogP contribution < -0.4 is 0 Å². The van der Waals surface area contributed by atoms with Gasteiger partial charge in [0, 0.05) is 5.75 Å². The molecule has 3 rings (SSSR count). The average molecular weight is 280 g/mol. The number of hydrogen-bond donors (Lipinski definition) is 0. The van der Waals surface area contributed by atoms with Gasteiger partial charge in [0.25, 0.3) is 5.23 Å². The summed E-state index contributed by atoms with van der Waals surface area (Å²) in [5.74, 6) is 0.797. The number of hydrogen-bond acceptors (Lipinski definition) is 4. The van der Waals surface area contributed by atoms with Crippen LogP contribution in [0.3, 0.4) is 0 Å². The molecule has 1 aliphatic heterocycles. The number of aliphatic imine (C=N–C) groups is 1. The van der Waals surface area contributed by atoms with Gasteiger partial charge < -0.3 is 4.74 Å². The topological polar surface area (TPSA) is 45.4 Å². The van der Waals surface area contributed by atoms with Gasteiger partial charge in [-0.1, -0.05) is 66.4 Å². The Hall–Kier alpha value is -2.25. The molecule has 1 atom stereocenters. The van der Waals surface area contributed by atoms with Crippen molar-refractivity contribution >= 4 is 17.0 Å². The Morgan fingerprint density at radius 2 is 1.75 bits per heavy atom. The van der Waals surface area contributed by atoms with Crippen molar-refractivity contribution in [3.05, 3.63) is 60.2 Å². The molecule has 2 aromatic rings. The van der Waals surface area contributed by atoms with Crippen LogP contribution in [0.2, 0.25) is 0 Å². The van der Waals surface area contributed by atoms with E-state index in [0.29, 0.717) is 5.23 Å². The van der Waals surface area contributed by atoms with Crippen LogP contribution in [0.5, 0.6) is 0 Å². The van der Waals surface area contributed by atoms with Crippen LogP contribution in [0.15, 0.2) is 59.6 Å². The summed E-state index contributed by atoms with van der Waals surface area (Å²) in [4.78, 5) is 3.63. The summed E-state index contributed by atoms with van der Waals surface area (Å²) in [6, 6.07) is 18.6. The van der Waals surface area contributed by atoms with Crippen LogP contribution in [-0.4, -0.2) is 11.0 Å². The van der Waals surface area contributed by atoms with Gasteiger partial charge in [0.1, 0.15) is 6.10 Å². The van der Waals surface area contributed by atoms with Crippen LogP contribution in [-0.2, 0) is 4.74 Å². The lowest BCUT2D eigenvalue weighted by atomic mass is 10.0. The second-order valence-electron chi connectivity index (χ2n) is 4.38. The highest BCUT2D eigenvalue weighted by Crippen LogP contribution is 2.32. The summed E-state index contributed by atoms with van der Waals surface area (Å²) in [6.07, 6.45) is 1.74. The Balaban J connectivity index is 1.78. The van der Waals surface area contributed by atoms with Gasteiger partial charge in [-0.2, -0.15) is 5.26 Å². The van der Waals surface area contributed by atoms with E-state index < -0.39 is 0 Å². The van der Waals surface area contributed by atoms with Gasteiger partial charge in [0.15, 0.2) is 0 Å². The van der Waals surface area contributed by atoms with Crippen LogP contribution in [0, 0.1) is 11.5 Å². The summed E-state index contributed by atoms with van der Waals surface area (Å²) in [7, 11) is 0. The molecule has 3 nitrogen and oxygen atoms in total. The minimum absolute atomic E-state index is 0.0167. The van der Waals surface area contributed by atoms with Gasteiger partial charge >= 0.3 is 0 Å². The van der Waals surface area contributed by atoms with Crippen LogP contribution in [0.25, 0.3) is 11.1 Å². The molecule has 0 spiro atoms. The van der Waals surface area contributed by atoms with E-state index in [0.717, 1.165) is 11.3 Å². The van der Waals surface area contributed by atoms with Gasteiger partial charge in [-0.05, 0) is 16.7 Å². The first-order valence-electron chi connectivity index (χ1n) is 6.28. The van der Waals surface area contributed by atoms with E-state index in [9.17, 15) is 0 Å². The van der Waals surface area contributed by atoms with E-state index in [2.05, 4.69) is 41.4 Å². The minimum Gasteiger partial charge on any atom is -0.463 e. The van der Waals surface area contributed by atoms with E-state index in [-0.39, 0.29) is 6.10 Å². The molecule has 1 heterocycles. The zero-order chi connectivity index (χ0) is 13.8. The van der Waals surface area contributed by atoms with E-state index in [1.807, 2.05) is 18.2 Å². The fourth-order valence-corrected chi connectivity index (χ4v) is 2.97. The highest BCUT2D eigenvalue weighted by atomic mass is 32.2. The Kier molecular flexibility index (Phi) is 3.71. The number of nitriles is 1. The maximum atomic E-state index is 8.52. The molecular weight excluding hydrogens is 268 g/mol. The van der Waals surface area contributed by atoms with Gasteiger partial charge in [0.05, 0.1) is 0 Å². The molecule has 1 fully saturated rings. The predicted octanol–water partition coefficient (Wildman–Crippen LogP) is 4.00. The van der Waals surface area contributed by atoms with Gasteiger partial charge in [-0.25, -0.2) is 0 Å². The SMILES string of the molecule is N#CN=C1OC(c2ccc(-c3ccccc3)cc2)CS1. The Bertz CT molecular complexity index is 659. The lowest BCUT2D eigenvalue weighted by Gasteiger charge is -2.10. The van der Waals surface area contributed by atoms with E-state index in [4.69, 9.17) is 10.00 Å². The first-order chi connectivity index (χ1) is 9.86. The van der Waals surface area contributed by atoms with Crippen LogP contribution in [0.1, 0.15) is 11.7 Å². The molecule has 0 aliphatic carbocycles. The van der Waals surface area contributed by atoms with Crippen molar-refractivity contribution in [1.29, 1.82) is 5.26 Å². The second-order valence-corrected chi connectivity index (χ2v) is 5.35. The largest absolute Gasteiger partial charge is 0.463 e. The molecule has 1 unspecified atom stereocenters. The van der Waals surface area contributed by atoms with Gasteiger partial charge in [-0.15, -0.1) is 4.99 Å². The number of nitrogens with zero attached hydrogens (tertiary/aromatic N) is 2. The zero-order valence-corrected chi connectivity index (χ0v) is 11.5. The second kappa shape index (κ2) is 5.81. The first kappa shape index (κ1) is 12.8. The molecule has 0 amide bonds. The molecule has 20 heavy (non-hydrogen) atoms. The molecule has 0 bridgehead atoms. The fraction of sp³-hybridized carbons (Fsp3) is 0.125. The molecule has 2 aromatic carbocycles. The van der Waals surface area contributed by atoms with Crippen molar-refractivity contribution in [1.82, 2.24) is 0 Å². The van der Waals surface area contributed by atoms with Crippen molar-refractivity contribution in [2.24, 2.45) is 4.99 Å². The highest BCUT2D eigenvalue weighted by molar-refractivity contribution is 8.13. The summed E-state index contributed by atoms with van der Waals surface area (Å²) < 4.78 is 5.62. The summed E-state index contributed by atoms with van der Waals surface area (Å²) in [5.41, 5.74) is 3.50. The number of benzene rings is 2. The summed E-state index contributed by atoms with van der Waals surface area (Å²) >= 11 is 1.48. The molecule has 0 radical (unpaired) electrons. The fourth-order valence-electron chi connectivity index (χ4n) is 2.12. The maximum absolute atomic E-state index is 8.52. The van der Waals surface area contributed by atoms with E-state index >= 15 is 0 Å². The molecule has 0 saturated carbocycles. The number of thioether (sulfide) groups is 1. The van der Waals surface area contributed by atoms with Gasteiger partial charge in [0.2, 0.25) is 6.19 Å². The first-order valence-corrected chi connectivity index (χ1v) is 7.27. The smallest absolute Gasteiger partial charge is 0.261 e. The third-order valence-corrected chi connectivity index (χ3v) is 4.04. The van der Waals surface area contributed by atoms with Crippen molar-refractivity contribution in [2.45, 2.75) is 6.10 Å². The molecule has 0 N–H and O–H groups in total. The average Bonchev–Trinajstić information content (AvgIpc) is 2.97. The Morgan fingerprint density at radius 3 is 2.45 bits per heavy atom. The summed E-state index contributed by atoms with van der Waals surface area (Å²) in [5, 5.41) is 8.98. The third-order valence-electron chi connectivity index (χ3n) is 3.13. The Morgan fingerprint density at radius 1 is 1.05 bits per heavy atom. The Labute approximate surface area is 121 Å². The van der Waals surface area contributed by atoms with Crippen molar-refractivity contribution in [2.75, 3.05) is 5.75 Å². The zero-order valence-electron chi connectivity index (χ0n) is 10.7. The molecule has 1 saturated heterocycles. The number of rotatable bonds is 2. The normalized spacial score (nSPS) is 19.6. The number of ether oxygens (including phenoxy) is 1. The lowest BCUT2D eigenvalue weighted by Crippen LogP contribution is -2.00. The van der Waals surface area contributed by atoms with E-state index in [1.54, 1.807) is 6.19 Å². The monoisotopic (exact) mass is 280 g/mol. The molecule has 98 valence electrons. The molecule has 4 heteroatoms. The van der Waals surface area contributed by atoms with Crippen LogP contribution in [0.4, 0.5) is 0 Å². The lowest BCUT2D eigenvalue weighted by molar-refractivity contribution is 0.236.